The van der Waals surface area contributed by atoms with Gasteiger partial charge in [0.25, 0.3) is 0 Å². The third-order valence-corrected chi connectivity index (χ3v) is 7.12. The summed E-state index contributed by atoms with van der Waals surface area (Å²) < 4.78 is 5.22. The number of halogens is 1. The van der Waals surface area contributed by atoms with Gasteiger partial charge in [-0.1, -0.05) is 29.8 Å². The highest BCUT2D eigenvalue weighted by Gasteiger charge is 2.25. The van der Waals surface area contributed by atoms with E-state index in [-0.39, 0.29) is 12.1 Å². The predicted molar refractivity (Wildman–Crippen MR) is 144 cm³/mol. The van der Waals surface area contributed by atoms with Gasteiger partial charge < -0.3 is 9.67 Å². The number of rotatable bonds is 6. The Balaban J connectivity index is 1.76. The first kappa shape index (κ1) is 24.4. The zero-order valence-electron chi connectivity index (χ0n) is 20.7. The molecule has 0 amide bonds. The van der Waals surface area contributed by atoms with E-state index >= 15 is 0 Å². The van der Waals surface area contributed by atoms with E-state index in [2.05, 4.69) is 36.6 Å². The Morgan fingerprint density at radius 3 is 2.46 bits per heavy atom. The highest BCUT2D eigenvalue weighted by Crippen LogP contribution is 2.30. The van der Waals surface area contributed by atoms with E-state index in [4.69, 9.17) is 11.6 Å². The molecule has 5 rings (SSSR count). The third kappa shape index (κ3) is 4.30. The highest BCUT2D eigenvalue weighted by molar-refractivity contribution is 6.30. The van der Waals surface area contributed by atoms with Crippen molar-refractivity contribution in [3.8, 4) is 6.07 Å². The van der Waals surface area contributed by atoms with Crippen LogP contribution >= 0.6 is 11.6 Å². The maximum Gasteiger partial charge on any atom is 0.330 e. The molecule has 8 heteroatoms. The number of benzene rings is 3. The molecule has 0 aliphatic carbocycles. The van der Waals surface area contributed by atoms with Crippen molar-refractivity contribution in [1.29, 1.82) is 5.26 Å². The van der Waals surface area contributed by atoms with Crippen molar-refractivity contribution < 1.29 is 9.90 Å². The number of imidazole rings is 1. The van der Waals surface area contributed by atoms with Crippen molar-refractivity contribution in [1.82, 2.24) is 13.7 Å². The normalized spacial score (nSPS) is 12.2. The van der Waals surface area contributed by atoms with Crippen molar-refractivity contribution in [3.05, 3.63) is 104 Å². The Kier molecular flexibility index (Phi) is 6.14. The Morgan fingerprint density at radius 2 is 1.78 bits per heavy atom. The van der Waals surface area contributed by atoms with E-state index in [1.165, 1.54) is 4.57 Å². The lowest BCUT2D eigenvalue weighted by Gasteiger charge is -2.18. The van der Waals surface area contributed by atoms with Crippen LogP contribution < -0.4 is 5.69 Å². The first-order valence-electron chi connectivity index (χ1n) is 11.8. The number of aromatic nitrogens is 3. The van der Waals surface area contributed by atoms with Gasteiger partial charge in [-0.3, -0.25) is 13.9 Å². The molecule has 7 nitrogen and oxygen atoms in total. The molecule has 0 bridgehead atoms. The average molecular weight is 513 g/mol. The number of nitriles is 1. The Labute approximate surface area is 218 Å². The van der Waals surface area contributed by atoms with Crippen LogP contribution in [0.2, 0.25) is 5.02 Å². The minimum atomic E-state index is -1.04. The fraction of sp³-hybridized carbons (Fsp3) is 0.207. The van der Waals surface area contributed by atoms with E-state index in [9.17, 15) is 20.0 Å². The first-order valence-corrected chi connectivity index (χ1v) is 12.2. The van der Waals surface area contributed by atoms with Crippen molar-refractivity contribution in [2.24, 2.45) is 7.05 Å². The molecule has 0 unspecified atom stereocenters. The van der Waals surface area contributed by atoms with Crippen molar-refractivity contribution in [3.63, 3.8) is 0 Å². The molecular formula is C29H25ClN4O3. The maximum atomic E-state index is 14.1. The SMILES string of the molecule is Cc1cc(C)c2c(Cn3c(=O)n([C@H](CC(=O)O)c4ccc(Cl)cc4)c4cc(C#N)ccc43)cn(C)c2c1. The van der Waals surface area contributed by atoms with Crippen LogP contribution in [0, 0.1) is 25.2 Å². The molecule has 1 N–H and O–H groups in total. The molecule has 2 heterocycles. The molecule has 0 saturated carbocycles. The number of fused-ring (bicyclic) bond motifs is 2. The van der Waals surface area contributed by atoms with Crippen molar-refractivity contribution in [2.75, 3.05) is 0 Å². The Hall–Kier alpha value is -4.28. The van der Waals surface area contributed by atoms with Gasteiger partial charge in [0.1, 0.15) is 0 Å². The van der Waals surface area contributed by atoms with Gasteiger partial charge >= 0.3 is 11.7 Å². The zero-order valence-corrected chi connectivity index (χ0v) is 21.5. The standard InChI is InChI=1S/C29H25ClN4O3/c1-17-10-18(2)28-21(15-32(3)26(28)11-17)16-33-23-9-4-19(14-31)12-25(23)34(29(33)37)24(13-27(35)36)20-5-7-22(30)8-6-20/h4-12,15,24H,13,16H2,1-3H3,(H,35,36)/t24-/m1/s1. The van der Waals surface area contributed by atoms with Gasteiger partial charge in [-0.15, -0.1) is 0 Å². The molecule has 0 spiro atoms. The van der Waals surface area contributed by atoms with Gasteiger partial charge in [-0.25, -0.2) is 4.79 Å². The van der Waals surface area contributed by atoms with Crippen LogP contribution in [0.5, 0.6) is 0 Å². The second-order valence-electron chi connectivity index (χ2n) is 9.46. The molecule has 37 heavy (non-hydrogen) atoms. The van der Waals surface area contributed by atoms with Crippen LogP contribution in [0.3, 0.4) is 0 Å². The number of carbonyl (C=O) groups is 1. The summed E-state index contributed by atoms with van der Waals surface area (Å²) in [4.78, 5) is 26.0. The third-order valence-electron chi connectivity index (χ3n) is 6.86. The van der Waals surface area contributed by atoms with E-state index in [1.54, 1.807) is 47.0 Å². The van der Waals surface area contributed by atoms with Crippen LogP contribution in [0.1, 0.15) is 40.3 Å². The predicted octanol–water partition coefficient (Wildman–Crippen LogP) is 5.55. The first-order chi connectivity index (χ1) is 17.7. The van der Waals surface area contributed by atoms with Crippen molar-refractivity contribution in [2.45, 2.75) is 32.9 Å². The van der Waals surface area contributed by atoms with Gasteiger partial charge in [0.2, 0.25) is 0 Å². The van der Waals surface area contributed by atoms with E-state index in [0.717, 1.165) is 27.6 Å². The molecule has 0 saturated heterocycles. The fourth-order valence-electron chi connectivity index (χ4n) is 5.31. The summed E-state index contributed by atoms with van der Waals surface area (Å²) in [6.45, 7) is 4.42. The lowest BCUT2D eigenvalue weighted by molar-refractivity contribution is -0.137. The smallest absolute Gasteiger partial charge is 0.330 e. The van der Waals surface area contributed by atoms with E-state index in [0.29, 0.717) is 33.7 Å². The van der Waals surface area contributed by atoms with Crippen LogP contribution in [-0.2, 0) is 18.4 Å². The average Bonchev–Trinajstić information content (AvgIpc) is 3.31. The van der Waals surface area contributed by atoms with Crippen LogP contribution in [0.4, 0.5) is 0 Å². The lowest BCUT2D eigenvalue weighted by Crippen LogP contribution is -2.29. The van der Waals surface area contributed by atoms with Crippen LogP contribution in [-0.4, -0.2) is 24.8 Å². The van der Waals surface area contributed by atoms with Crippen LogP contribution in [0.25, 0.3) is 21.9 Å². The van der Waals surface area contributed by atoms with Gasteiger partial charge in [0.05, 0.1) is 41.7 Å². The molecular weight excluding hydrogens is 488 g/mol. The summed E-state index contributed by atoms with van der Waals surface area (Å²) in [6.07, 6.45) is 1.73. The van der Waals surface area contributed by atoms with E-state index in [1.807, 2.05) is 13.2 Å². The highest BCUT2D eigenvalue weighted by atomic mass is 35.5. The van der Waals surface area contributed by atoms with Gasteiger partial charge in [-0.2, -0.15) is 5.26 Å². The molecule has 0 aliphatic rings. The number of carboxylic acid groups (broad SMARTS) is 1. The molecule has 5 aromatic rings. The number of hydrogen-bond donors (Lipinski definition) is 1. The number of aliphatic carboxylic acids is 1. The summed E-state index contributed by atoms with van der Waals surface area (Å²) in [6, 6.07) is 17.5. The maximum absolute atomic E-state index is 14.1. The minimum Gasteiger partial charge on any atom is -0.481 e. The molecule has 3 aromatic carbocycles. The number of aryl methyl sites for hydroxylation is 3. The number of hydrogen-bond acceptors (Lipinski definition) is 3. The lowest BCUT2D eigenvalue weighted by atomic mass is 10.0. The largest absolute Gasteiger partial charge is 0.481 e. The van der Waals surface area contributed by atoms with Crippen molar-refractivity contribution >= 4 is 39.5 Å². The molecule has 186 valence electrons. The summed E-state index contributed by atoms with van der Waals surface area (Å²) in [5.41, 5.74) is 6.20. The second kappa shape index (κ2) is 9.30. The zero-order chi connectivity index (χ0) is 26.4. The number of carboxylic acids is 1. The van der Waals surface area contributed by atoms with Crippen LogP contribution in [0.15, 0.2) is 65.6 Å². The van der Waals surface area contributed by atoms with Gasteiger partial charge in [0.15, 0.2) is 0 Å². The topological polar surface area (TPSA) is 93.0 Å². The molecule has 2 aromatic heterocycles. The molecule has 1 atom stereocenters. The summed E-state index contributed by atoms with van der Waals surface area (Å²) in [5.74, 6) is -1.04. The van der Waals surface area contributed by atoms with Gasteiger partial charge in [-0.05, 0) is 72.5 Å². The van der Waals surface area contributed by atoms with Gasteiger partial charge in [0, 0.05) is 29.2 Å². The summed E-state index contributed by atoms with van der Waals surface area (Å²) in [5, 5.41) is 20.9. The number of nitrogens with zero attached hydrogens (tertiary/aromatic N) is 4. The Morgan fingerprint density at radius 1 is 1.05 bits per heavy atom. The molecule has 0 aliphatic heterocycles. The monoisotopic (exact) mass is 512 g/mol. The fourth-order valence-corrected chi connectivity index (χ4v) is 5.44. The second-order valence-corrected chi connectivity index (χ2v) is 9.90. The molecule has 0 radical (unpaired) electrons. The molecule has 0 fully saturated rings. The Bertz CT molecular complexity index is 1790. The quantitative estimate of drug-likeness (QED) is 0.323. The summed E-state index contributed by atoms with van der Waals surface area (Å²) >= 11 is 6.07. The van der Waals surface area contributed by atoms with E-state index < -0.39 is 12.0 Å². The summed E-state index contributed by atoms with van der Waals surface area (Å²) in [7, 11) is 1.99. The minimum absolute atomic E-state index is 0.301.